The molecule has 2 aromatic carbocycles. The number of aryl methyl sites for hydroxylation is 1. The summed E-state index contributed by atoms with van der Waals surface area (Å²) < 4.78 is 0.755. The molecule has 0 aromatic heterocycles. The van der Waals surface area contributed by atoms with Gasteiger partial charge in [0.1, 0.15) is 0 Å². The Labute approximate surface area is 198 Å². The summed E-state index contributed by atoms with van der Waals surface area (Å²) in [4.78, 5) is 40.9. The minimum atomic E-state index is -0.326. The number of amides is 3. The van der Waals surface area contributed by atoms with Crippen molar-refractivity contribution < 1.29 is 14.4 Å². The van der Waals surface area contributed by atoms with Gasteiger partial charge in [-0.2, -0.15) is 0 Å². The number of carbonyl (C=O) groups excluding carboxylic acids is 3. The fourth-order valence-electron chi connectivity index (χ4n) is 5.97. The van der Waals surface area contributed by atoms with Crippen molar-refractivity contribution >= 4 is 56.6 Å². The van der Waals surface area contributed by atoms with Gasteiger partial charge in [-0.25, -0.2) is 4.90 Å². The van der Waals surface area contributed by atoms with Crippen molar-refractivity contribution in [2.75, 3.05) is 10.2 Å². The van der Waals surface area contributed by atoms with Gasteiger partial charge in [-0.15, -0.1) is 0 Å². The first-order valence-electron chi connectivity index (χ1n) is 10.8. The summed E-state index contributed by atoms with van der Waals surface area (Å²) in [6, 6.07) is 10.3. The molecule has 32 heavy (non-hydrogen) atoms. The Morgan fingerprint density at radius 1 is 1.06 bits per heavy atom. The van der Waals surface area contributed by atoms with Crippen LogP contribution in [0.2, 0.25) is 5.02 Å². The predicted octanol–water partition coefficient (Wildman–Crippen LogP) is 5.22. The average molecular weight is 512 g/mol. The van der Waals surface area contributed by atoms with Gasteiger partial charge in [0.25, 0.3) is 5.91 Å². The molecular weight excluding hydrogens is 492 g/mol. The maximum Gasteiger partial charge on any atom is 0.255 e. The van der Waals surface area contributed by atoms with Crippen LogP contribution in [0, 0.1) is 42.4 Å². The maximum atomic E-state index is 13.3. The lowest BCUT2D eigenvalue weighted by atomic mass is 9.63. The Morgan fingerprint density at radius 3 is 2.38 bits per heavy atom. The summed E-state index contributed by atoms with van der Waals surface area (Å²) in [5.41, 5.74) is 2.30. The summed E-state index contributed by atoms with van der Waals surface area (Å²) in [5, 5.41) is 3.37. The van der Waals surface area contributed by atoms with Crippen LogP contribution in [-0.2, 0) is 9.59 Å². The van der Waals surface area contributed by atoms with Crippen molar-refractivity contribution in [1.82, 2.24) is 0 Å². The highest BCUT2D eigenvalue weighted by atomic mass is 79.9. The minimum absolute atomic E-state index is 0.127. The second kappa shape index (κ2) is 7.03. The quantitative estimate of drug-likeness (QED) is 0.454. The largest absolute Gasteiger partial charge is 0.322 e. The third-order valence-electron chi connectivity index (χ3n) is 7.54. The zero-order valence-corrected chi connectivity index (χ0v) is 19.6. The van der Waals surface area contributed by atoms with E-state index in [1.54, 1.807) is 30.3 Å². The second-order valence-electron chi connectivity index (χ2n) is 9.25. The zero-order valence-electron chi connectivity index (χ0n) is 17.2. The van der Waals surface area contributed by atoms with E-state index in [0.717, 1.165) is 16.5 Å². The van der Waals surface area contributed by atoms with Gasteiger partial charge in [-0.05, 0) is 88.8 Å². The standard InChI is InChI=1S/C25H20BrClN2O3/c1-11-7-18(26)19(27)10-20(11)28-23(30)12-3-2-4-13(8-12)29-24(31)21-14-5-6-15(17-9-16(14)17)22(21)25(29)32/h2-8,10,14-17,21-22H,9H2,1H3,(H,28,30)/t14-,15-,16-,17-,21-,22+/m1/s1. The highest BCUT2D eigenvalue weighted by Crippen LogP contribution is 2.65. The van der Waals surface area contributed by atoms with Crippen molar-refractivity contribution in [1.29, 1.82) is 0 Å². The minimum Gasteiger partial charge on any atom is -0.322 e. The monoisotopic (exact) mass is 510 g/mol. The summed E-state index contributed by atoms with van der Waals surface area (Å²) >= 11 is 9.55. The number of nitrogens with zero attached hydrogens (tertiary/aromatic N) is 1. The summed E-state index contributed by atoms with van der Waals surface area (Å²) in [5.74, 6) is 0.365. The second-order valence-corrected chi connectivity index (χ2v) is 10.5. The number of hydrogen-bond acceptors (Lipinski definition) is 3. The number of carbonyl (C=O) groups is 3. The molecule has 6 atom stereocenters. The smallest absolute Gasteiger partial charge is 0.255 e. The van der Waals surface area contributed by atoms with Crippen LogP contribution in [-0.4, -0.2) is 17.7 Å². The zero-order chi connectivity index (χ0) is 22.3. The third kappa shape index (κ3) is 2.85. The van der Waals surface area contributed by atoms with Crippen LogP contribution >= 0.6 is 27.5 Å². The molecule has 1 aliphatic heterocycles. The van der Waals surface area contributed by atoms with Crippen LogP contribution < -0.4 is 10.2 Å². The number of imide groups is 1. The van der Waals surface area contributed by atoms with E-state index < -0.39 is 0 Å². The molecule has 0 spiro atoms. The van der Waals surface area contributed by atoms with Gasteiger partial charge in [0.2, 0.25) is 11.8 Å². The Morgan fingerprint density at radius 2 is 1.72 bits per heavy atom. The van der Waals surface area contributed by atoms with Crippen LogP contribution in [0.15, 0.2) is 53.0 Å². The van der Waals surface area contributed by atoms with E-state index in [0.29, 0.717) is 33.8 Å². The molecule has 2 saturated carbocycles. The van der Waals surface area contributed by atoms with Crippen molar-refractivity contribution in [3.05, 3.63) is 69.2 Å². The SMILES string of the molecule is Cc1cc(Br)c(Cl)cc1NC(=O)c1cccc(N2C(=O)[C@@H]3[C@@H]4C=C[C@H]([C@H]5C[C@H]45)[C@@H]3C2=O)c1. The first-order valence-corrected chi connectivity index (χ1v) is 12.0. The van der Waals surface area contributed by atoms with Gasteiger partial charge in [0, 0.05) is 15.7 Å². The molecule has 5 nitrogen and oxygen atoms in total. The van der Waals surface area contributed by atoms with Gasteiger partial charge in [-0.1, -0.05) is 29.8 Å². The Hall–Kier alpha value is -2.44. The summed E-state index contributed by atoms with van der Waals surface area (Å²) in [7, 11) is 0. The van der Waals surface area contributed by atoms with E-state index in [1.807, 2.05) is 13.0 Å². The molecule has 4 aliphatic carbocycles. The highest BCUT2D eigenvalue weighted by molar-refractivity contribution is 9.10. The summed E-state index contributed by atoms with van der Waals surface area (Å²) in [6.45, 7) is 1.88. The van der Waals surface area contributed by atoms with Crippen molar-refractivity contribution in [3.8, 4) is 0 Å². The van der Waals surface area contributed by atoms with Crippen LogP contribution in [0.4, 0.5) is 11.4 Å². The topological polar surface area (TPSA) is 66.5 Å². The Balaban J connectivity index is 1.28. The molecule has 0 unspecified atom stereocenters. The van der Waals surface area contributed by atoms with E-state index in [2.05, 4.69) is 33.4 Å². The molecule has 7 heteroatoms. The number of allylic oxidation sites excluding steroid dienone is 2. The fourth-order valence-corrected chi connectivity index (χ4v) is 6.59. The van der Waals surface area contributed by atoms with E-state index in [4.69, 9.17) is 11.6 Å². The normalized spacial score (nSPS) is 31.5. The van der Waals surface area contributed by atoms with E-state index >= 15 is 0 Å². The van der Waals surface area contributed by atoms with Crippen molar-refractivity contribution in [2.45, 2.75) is 13.3 Å². The first kappa shape index (κ1) is 20.2. The van der Waals surface area contributed by atoms with Gasteiger partial charge in [-0.3, -0.25) is 14.4 Å². The first-order chi connectivity index (χ1) is 15.3. The van der Waals surface area contributed by atoms with E-state index in [-0.39, 0.29) is 41.4 Å². The van der Waals surface area contributed by atoms with Crippen LogP contribution in [0.25, 0.3) is 0 Å². The number of hydrogen-bond donors (Lipinski definition) is 1. The van der Waals surface area contributed by atoms with Crippen molar-refractivity contribution in [2.24, 2.45) is 35.5 Å². The van der Waals surface area contributed by atoms with Gasteiger partial charge >= 0.3 is 0 Å². The molecule has 1 saturated heterocycles. The molecule has 1 N–H and O–H groups in total. The molecule has 5 aliphatic rings. The Bertz CT molecular complexity index is 1210. The number of halogens is 2. The molecule has 2 bridgehead atoms. The number of nitrogens with one attached hydrogen (secondary N) is 1. The average Bonchev–Trinajstić information content (AvgIpc) is 3.55. The Kier molecular flexibility index (Phi) is 4.43. The maximum absolute atomic E-state index is 13.3. The molecule has 1 heterocycles. The van der Waals surface area contributed by atoms with Crippen molar-refractivity contribution in [3.63, 3.8) is 0 Å². The molecule has 0 radical (unpaired) electrons. The molecular formula is C25H20BrClN2O3. The van der Waals surface area contributed by atoms with Crippen LogP contribution in [0.1, 0.15) is 22.3 Å². The molecule has 3 amide bonds. The number of anilines is 2. The molecule has 2 aromatic rings. The van der Waals surface area contributed by atoms with Gasteiger partial charge < -0.3 is 5.32 Å². The van der Waals surface area contributed by atoms with Crippen LogP contribution in [0.5, 0.6) is 0 Å². The highest BCUT2D eigenvalue weighted by Gasteiger charge is 2.67. The number of rotatable bonds is 3. The lowest BCUT2D eigenvalue weighted by molar-refractivity contribution is -0.124. The van der Waals surface area contributed by atoms with Gasteiger partial charge in [0.05, 0.1) is 22.5 Å². The van der Waals surface area contributed by atoms with E-state index in [1.165, 1.54) is 4.90 Å². The lowest BCUT2D eigenvalue weighted by Crippen LogP contribution is -2.40. The third-order valence-corrected chi connectivity index (χ3v) is 8.74. The lowest BCUT2D eigenvalue weighted by Gasteiger charge is -2.37. The van der Waals surface area contributed by atoms with Gasteiger partial charge in [0.15, 0.2) is 0 Å². The molecule has 7 rings (SSSR count). The molecule has 3 fully saturated rings. The predicted molar refractivity (Wildman–Crippen MR) is 125 cm³/mol. The number of benzene rings is 2. The fraction of sp³-hybridized carbons (Fsp3) is 0.320. The van der Waals surface area contributed by atoms with Crippen LogP contribution in [0.3, 0.4) is 0 Å². The summed E-state index contributed by atoms with van der Waals surface area (Å²) in [6.07, 6.45) is 5.44. The van der Waals surface area contributed by atoms with E-state index in [9.17, 15) is 14.4 Å². The molecule has 162 valence electrons.